The van der Waals surface area contributed by atoms with E-state index >= 15 is 0 Å². The smallest absolute Gasteiger partial charge is 0.305 e. The van der Waals surface area contributed by atoms with Crippen molar-refractivity contribution in [3.8, 4) is 5.75 Å². The van der Waals surface area contributed by atoms with Gasteiger partial charge in [-0.2, -0.15) is 0 Å². The maximum Gasteiger partial charge on any atom is 0.305 e. The summed E-state index contributed by atoms with van der Waals surface area (Å²) < 4.78 is 10.1. The van der Waals surface area contributed by atoms with Crippen molar-refractivity contribution in [1.82, 2.24) is 10.6 Å². The first kappa shape index (κ1) is 18.1. The summed E-state index contributed by atoms with van der Waals surface area (Å²) in [5.74, 6) is 1.66. The number of fused-ring (bicyclic) bond motifs is 1. The summed E-state index contributed by atoms with van der Waals surface area (Å²) in [6.45, 7) is 2.40. The van der Waals surface area contributed by atoms with Crippen molar-refractivity contribution in [1.29, 1.82) is 0 Å². The summed E-state index contributed by atoms with van der Waals surface area (Å²) in [5.41, 5.74) is 2.61. The molecule has 1 heterocycles. The van der Waals surface area contributed by atoms with Crippen molar-refractivity contribution in [2.24, 2.45) is 4.99 Å². The Morgan fingerprint density at radius 1 is 1.29 bits per heavy atom. The number of nitrogens with zero attached hydrogens (tertiary/aromatic N) is 1. The normalized spacial score (nSPS) is 13.2. The molecule has 0 spiro atoms. The molecule has 0 fully saturated rings. The number of ether oxygens (including phenoxy) is 2. The van der Waals surface area contributed by atoms with Crippen molar-refractivity contribution in [3.05, 3.63) is 29.3 Å². The Hall–Kier alpha value is -2.24. The first-order valence-electron chi connectivity index (χ1n) is 8.49. The monoisotopic (exact) mass is 333 g/mol. The van der Waals surface area contributed by atoms with Crippen LogP contribution >= 0.6 is 0 Å². The molecule has 0 atom stereocenters. The zero-order valence-electron chi connectivity index (χ0n) is 14.6. The lowest BCUT2D eigenvalue weighted by molar-refractivity contribution is -0.140. The minimum absolute atomic E-state index is 0.155. The molecule has 0 aromatic heterocycles. The zero-order valence-corrected chi connectivity index (χ0v) is 14.6. The molecule has 1 aromatic rings. The van der Waals surface area contributed by atoms with E-state index in [0.29, 0.717) is 6.42 Å². The summed E-state index contributed by atoms with van der Waals surface area (Å²) in [6, 6.07) is 6.41. The highest BCUT2D eigenvalue weighted by atomic mass is 16.5. The molecule has 1 aliphatic rings. The van der Waals surface area contributed by atoms with E-state index in [1.54, 1.807) is 7.05 Å². The molecule has 0 saturated carbocycles. The molecule has 0 saturated heterocycles. The number of rotatable bonds is 8. The second-order valence-electron chi connectivity index (χ2n) is 5.75. The highest BCUT2D eigenvalue weighted by molar-refractivity contribution is 5.79. The molecule has 0 aliphatic carbocycles. The average molecular weight is 333 g/mol. The number of aliphatic imine (C=N–C) groups is 1. The maximum absolute atomic E-state index is 11.0. The summed E-state index contributed by atoms with van der Waals surface area (Å²) in [7, 11) is 3.18. The number of carbonyl (C=O) groups excluding carboxylic acids is 1. The molecule has 0 amide bonds. The van der Waals surface area contributed by atoms with Crippen molar-refractivity contribution in [2.75, 3.05) is 33.9 Å². The topological polar surface area (TPSA) is 72.0 Å². The zero-order chi connectivity index (χ0) is 17.2. The number of guanidine groups is 1. The van der Waals surface area contributed by atoms with Gasteiger partial charge >= 0.3 is 5.97 Å². The number of esters is 1. The number of carbonyl (C=O) groups is 1. The van der Waals surface area contributed by atoms with Gasteiger partial charge in [-0.05, 0) is 36.5 Å². The van der Waals surface area contributed by atoms with Crippen LogP contribution in [0, 0.1) is 0 Å². The van der Waals surface area contributed by atoms with Crippen LogP contribution in [0.25, 0.3) is 0 Å². The van der Waals surface area contributed by atoms with E-state index in [1.807, 2.05) is 0 Å². The predicted molar refractivity (Wildman–Crippen MR) is 94.6 cm³/mol. The van der Waals surface area contributed by atoms with Crippen molar-refractivity contribution in [3.63, 3.8) is 0 Å². The third-order valence-electron chi connectivity index (χ3n) is 4.01. The molecular formula is C18H27N3O3. The van der Waals surface area contributed by atoms with Gasteiger partial charge in [0.05, 0.1) is 13.7 Å². The fourth-order valence-electron chi connectivity index (χ4n) is 2.64. The van der Waals surface area contributed by atoms with E-state index in [-0.39, 0.29) is 5.97 Å². The van der Waals surface area contributed by atoms with Crippen LogP contribution in [0.5, 0.6) is 5.75 Å². The summed E-state index contributed by atoms with van der Waals surface area (Å²) in [6.07, 6.45) is 4.13. The van der Waals surface area contributed by atoms with E-state index in [0.717, 1.165) is 57.1 Å². The average Bonchev–Trinajstić information content (AvgIpc) is 3.07. The molecule has 6 nitrogen and oxygen atoms in total. The lowest BCUT2D eigenvalue weighted by atomic mass is 10.1. The number of nitrogens with one attached hydrogen (secondary N) is 2. The third-order valence-corrected chi connectivity index (χ3v) is 4.01. The summed E-state index contributed by atoms with van der Waals surface area (Å²) in [5, 5.41) is 6.57. The lowest BCUT2D eigenvalue weighted by Gasteiger charge is -2.12. The Morgan fingerprint density at radius 3 is 2.92 bits per heavy atom. The largest absolute Gasteiger partial charge is 0.493 e. The fourth-order valence-corrected chi connectivity index (χ4v) is 2.64. The van der Waals surface area contributed by atoms with Crippen LogP contribution in [0.15, 0.2) is 23.2 Å². The van der Waals surface area contributed by atoms with Crippen molar-refractivity contribution < 1.29 is 14.3 Å². The van der Waals surface area contributed by atoms with E-state index in [4.69, 9.17) is 4.74 Å². The van der Waals surface area contributed by atoms with Crippen molar-refractivity contribution >= 4 is 11.9 Å². The molecule has 6 heteroatoms. The van der Waals surface area contributed by atoms with Gasteiger partial charge in [0, 0.05) is 33.0 Å². The molecule has 1 aromatic carbocycles. The Kier molecular flexibility index (Phi) is 7.39. The number of unbranched alkanes of at least 4 members (excludes halogenated alkanes) is 1. The first-order valence-corrected chi connectivity index (χ1v) is 8.49. The predicted octanol–water partition coefficient (Wildman–Crippen LogP) is 1.67. The molecule has 0 unspecified atom stereocenters. The first-order chi connectivity index (χ1) is 11.7. The SMILES string of the molecule is CN=C(NCCCCC(=O)OC)NCCc1ccc2c(c1)CCO2. The Morgan fingerprint density at radius 2 is 2.12 bits per heavy atom. The quantitative estimate of drug-likeness (QED) is 0.328. The third kappa shape index (κ3) is 5.76. The minimum atomic E-state index is -0.155. The van der Waals surface area contributed by atoms with Crippen LogP contribution < -0.4 is 15.4 Å². The molecule has 0 radical (unpaired) electrons. The number of hydrogen-bond acceptors (Lipinski definition) is 4. The highest BCUT2D eigenvalue weighted by Crippen LogP contribution is 2.25. The summed E-state index contributed by atoms with van der Waals surface area (Å²) >= 11 is 0. The minimum Gasteiger partial charge on any atom is -0.493 e. The van der Waals surface area contributed by atoms with E-state index in [9.17, 15) is 4.79 Å². The van der Waals surface area contributed by atoms with Gasteiger partial charge in [0.25, 0.3) is 0 Å². The summed E-state index contributed by atoms with van der Waals surface area (Å²) in [4.78, 5) is 15.2. The van der Waals surface area contributed by atoms with Crippen LogP contribution in [0.1, 0.15) is 30.4 Å². The van der Waals surface area contributed by atoms with Gasteiger partial charge in [0.15, 0.2) is 5.96 Å². The van der Waals surface area contributed by atoms with Crippen LogP contribution in [-0.2, 0) is 22.4 Å². The van der Waals surface area contributed by atoms with Gasteiger partial charge < -0.3 is 20.1 Å². The molecule has 2 N–H and O–H groups in total. The Bertz CT molecular complexity index is 573. The maximum atomic E-state index is 11.0. The molecule has 132 valence electrons. The van der Waals surface area contributed by atoms with Gasteiger partial charge in [0.1, 0.15) is 5.75 Å². The second-order valence-corrected chi connectivity index (χ2v) is 5.75. The number of benzene rings is 1. The van der Waals surface area contributed by atoms with Crippen LogP contribution in [0.2, 0.25) is 0 Å². The Labute approximate surface area is 143 Å². The molecule has 2 rings (SSSR count). The van der Waals surface area contributed by atoms with E-state index in [2.05, 4.69) is 38.6 Å². The van der Waals surface area contributed by atoms with Crippen LogP contribution in [-0.4, -0.2) is 45.8 Å². The molecule has 1 aliphatic heterocycles. The molecule has 24 heavy (non-hydrogen) atoms. The van der Waals surface area contributed by atoms with Gasteiger partial charge in [-0.3, -0.25) is 9.79 Å². The fraction of sp³-hybridized carbons (Fsp3) is 0.556. The van der Waals surface area contributed by atoms with Crippen molar-refractivity contribution in [2.45, 2.75) is 32.1 Å². The van der Waals surface area contributed by atoms with Gasteiger partial charge in [-0.15, -0.1) is 0 Å². The van der Waals surface area contributed by atoms with Gasteiger partial charge in [-0.25, -0.2) is 0 Å². The lowest BCUT2D eigenvalue weighted by Crippen LogP contribution is -2.38. The van der Waals surface area contributed by atoms with Crippen LogP contribution in [0.4, 0.5) is 0 Å². The van der Waals surface area contributed by atoms with E-state index < -0.39 is 0 Å². The van der Waals surface area contributed by atoms with Gasteiger partial charge in [0.2, 0.25) is 0 Å². The van der Waals surface area contributed by atoms with Crippen LogP contribution in [0.3, 0.4) is 0 Å². The molecular weight excluding hydrogens is 306 g/mol. The second kappa shape index (κ2) is 9.80. The van der Waals surface area contributed by atoms with E-state index in [1.165, 1.54) is 18.2 Å². The number of methoxy groups -OCH3 is 1. The number of hydrogen-bond donors (Lipinski definition) is 2. The molecule has 0 bridgehead atoms. The highest BCUT2D eigenvalue weighted by Gasteiger charge is 2.11. The standard InChI is InChI=1S/C18H27N3O3/c1-19-18(20-10-4-3-5-17(22)23-2)21-11-8-14-6-7-16-15(13-14)9-12-24-16/h6-7,13H,3-5,8-12H2,1-2H3,(H2,19,20,21). The Balaban J connectivity index is 1.62. The van der Waals surface area contributed by atoms with Gasteiger partial charge in [-0.1, -0.05) is 12.1 Å².